The van der Waals surface area contributed by atoms with E-state index in [4.69, 9.17) is 0 Å². The fraction of sp³-hybridized carbons (Fsp3) is 0.400. The molecule has 0 saturated carbocycles. The second kappa shape index (κ2) is 5.21. The molecule has 0 aliphatic rings. The van der Waals surface area contributed by atoms with Crippen molar-refractivity contribution in [3.8, 4) is 0 Å². The Bertz CT molecular complexity index is 590. The highest BCUT2D eigenvalue weighted by Gasteiger charge is 2.13. The van der Waals surface area contributed by atoms with Crippen LogP contribution in [0.3, 0.4) is 0 Å². The molecule has 0 amide bonds. The monoisotopic (exact) mass is 266 g/mol. The lowest BCUT2D eigenvalue weighted by Gasteiger charge is -2.08. The number of nitrogens with one attached hydrogen (secondary N) is 2. The van der Waals surface area contributed by atoms with Crippen molar-refractivity contribution < 1.29 is 0 Å². The molecule has 0 saturated heterocycles. The van der Waals surface area contributed by atoms with Crippen LogP contribution in [0, 0.1) is 0 Å². The molecule has 0 aliphatic carbocycles. The Morgan fingerprint density at radius 2 is 2.28 bits per heavy atom. The minimum Gasteiger partial charge on any atom is -0.357 e. The summed E-state index contributed by atoms with van der Waals surface area (Å²) in [7, 11) is 1.75. The number of hydrogen-bond acceptors (Lipinski definition) is 6. The van der Waals surface area contributed by atoms with E-state index in [9.17, 15) is 4.79 Å². The van der Waals surface area contributed by atoms with Gasteiger partial charge in [-0.25, -0.2) is 19.9 Å². The highest BCUT2D eigenvalue weighted by Crippen LogP contribution is 2.24. The van der Waals surface area contributed by atoms with E-state index in [-0.39, 0.29) is 11.7 Å². The number of aromatic amines is 1. The van der Waals surface area contributed by atoms with E-state index in [1.54, 1.807) is 23.9 Å². The summed E-state index contributed by atoms with van der Waals surface area (Å²) >= 11 is 1.32. The highest BCUT2D eigenvalue weighted by molar-refractivity contribution is 7.99. The molecule has 0 spiro atoms. The molecule has 0 atom stereocenters. The van der Waals surface area contributed by atoms with Crippen molar-refractivity contribution in [2.45, 2.75) is 30.1 Å². The summed E-state index contributed by atoms with van der Waals surface area (Å²) in [6.45, 7) is 3.86. The maximum atomic E-state index is 11.6. The average Bonchev–Trinajstić information content (AvgIpc) is 2.70. The van der Waals surface area contributed by atoms with E-state index in [0.29, 0.717) is 11.1 Å². The van der Waals surface area contributed by atoms with Gasteiger partial charge < -0.3 is 5.32 Å². The Kier molecular flexibility index (Phi) is 3.66. The number of hydrogen-bond donors (Lipinski definition) is 2. The predicted molar refractivity (Wildman–Crippen MR) is 68.9 cm³/mol. The molecule has 0 unspecified atom stereocenters. The van der Waals surface area contributed by atoms with Gasteiger partial charge >= 0.3 is 5.69 Å². The van der Waals surface area contributed by atoms with Crippen molar-refractivity contribution in [1.29, 1.82) is 0 Å². The van der Waals surface area contributed by atoms with E-state index in [0.717, 1.165) is 5.03 Å². The topological polar surface area (TPSA) is 88.5 Å². The molecular formula is C10H14N6OS. The summed E-state index contributed by atoms with van der Waals surface area (Å²) in [6, 6.07) is 1.82. The third-order valence-corrected chi connectivity index (χ3v) is 3.15. The standard InChI is InChI=1S/C10H14N6OS/c1-6(2)16-9(17)14-15-10(16)18-7-4-5-12-8(11-3)13-7/h4-6H,1-3H3,(H,14,17)(H,11,12,13). The molecule has 8 heteroatoms. The van der Waals surface area contributed by atoms with Gasteiger partial charge in [-0.1, -0.05) is 0 Å². The number of anilines is 1. The van der Waals surface area contributed by atoms with Gasteiger partial charge in [-0.05, 0) is 31.7 Å². The number of H-pyrrole nitrogens is 1. The SMILES string of the molecule is CNc1nccc(Sc2n[nH]c(=O)n2C(C)C)n1. The molecule has 0 bridgehead atoms. The molecule has 2 heterocycles. The molecule has 2 N–H and O–H groups in total. The summed E-state index contributed by atoms with van der Waals surface area (Å²) in [5.74, 6) is 0.536. The van der Waals surface area contributed by atoms with Gasteiger partial charge in [0.15, 0.2) is 5.16 Å². The summed E-state index contributed by atoms with van der Waals surface area (Å²) in [5, 5.41) is 10.6. The molecule has 2 rings (SSSR count). The fourth-order valence-electron chi connectivity index (χ4n) is 1.43. The van der Waals surface area contributed by atoms with Crippen LogP contribution >= 0.6 is 11.8 Å². The van der Waals surface area contributed by atoms with Crippen LogP contribution in [-0.2, 0) is 0 Å². The van der Waals surface area contributed by atoms with E-state index in [1.807, 2.05) is 13.8 Å². The first-order valence-electron chi connectivity index (χ1n) is 5.47. The van der Waals surface area contributed by atoms with Crippen molar-refractivity contribution in [2.24, 2.45) is 0 Å². The van der Waals surface area contributed by atoms with E-state index in [2.05, 4.69) is 25.5 Å². The summed E-state index contributed by atoms with van der Waals surface area (Å²) in [6.07, 6.45) is 1.66. The predicted octanol–water partition coefficient (Wildman–Crippen LogP) is 1.14. The van der Waals surface area contributed by atoms with Crippen molar-refractivity contribution in [1.82, 2.24) is 24.7 Å². The zero-order valence-corrected chi connectivity index (χ0v) is 11.2. The first-order chi connectivity index (χ1) is 8.61. The van der Waals surface area contributed by atoms with Gasteiger partial charge in [-0.3, -0.25) is 4.57 Å². The molecule has 18 heavy (non-hydrogen) atoms. The highest BCUT2D eigenvalue weighted by atomic mass is 32.2. The summed E-state index contributed by atoms with van der Waals surface area (Å²) in [4.78, 5) is 19.9. The second-order valence-corrected chi connectivity index (χ2v) is 4.83. The van der Waals surface area contributed by atoms with Crippen molar-refractivity contribution in [3.63, 3.8) is 0 Å². The third kappa shape index (κ3) is 2.53. The largest absolute Gasteiger partial charge is 0.357 e. The molecule has 0 aromatic carbocycles. The van der Waals surface area contributed by atoms with Crippen molar-refractivity contribution in [2.75, 3.05) is 12.4 Å². The lowest BCUT2D eigenvalue weighted by Crippen LogP contribution is -2.19. The zero-order chi connectivity index (χ0) is 13.1. The van der Waals surface area contributed by atoms with Gasteiger partial charge in [-0.2, -0.15) is 0 Å². The number of rotatable bonds is 4. The minimum absolute atomic E-state index is 0.0457. The zero-order valence-electron chi connectivity index (χ0n) is 10.3. The molecule has 96 valence electrons. The number of aromatic nitrogens is 5. The summed E-state index contributed by atoms with van der Waals surface area (Å²) < 4.78 is 1.59. The first-order valence-corrected chi connectivity index (χ1v) is 6.29. The van der Waals surface area contributed by atoms with Crippen LogP contribution in [0.1, 0.15) is 19.9 Å². The van der Waals surface area contributed by atoms with E-state index >= 15 is 0 Å². The van der Waals surface area contributed by atoms with Gasteiger partial charge in [-0.15, -0.1) is 5.10 Å². The van der Waals surface area contributed by atoms with Gasteiger partial charge in [0.25, 0.3) is 0 Å². The van der Waals surface area contributed by atoms with Gasteiger partial charge in [0.1, 0.15) is 5.03 Å². The Labute approximate surface area is 108 Å². The molecule has 2 aromatic heterocycles. The molecule has 0 aliphatic heterocycles. The van der Waals surface area contributed by atoms with Crippen LogP contribution < -0.4 is 11.0 Å². The molecule has 0 radical (unpaired) electrons. The minimum atomic E-state index is -0.213. The van der Waals surface area contributed by atoms with Crippen LogP contribution in [0.4, 0.5) is 5.95 Å². The lowest BCUT2D eigenvalue weighted by atomic mass is 10.4. The average molecular weight is 266 g/mol. The fourth-order valence-corrected chi connectivity index (χ4v) is 2.36. The van der Waals surface area contributed by atoms with Gasteiger partial charge in [0.05, 0.1) is 0 Å². The Hall–Kier alpha value is -1.83. The smallest absolute Gasteiger partial charge is 0.344 e. The molecular weight excluding hydrogens is 252 g/mol. The van der Waals surface area contributed by atoms with Crippen LogP contribution in [0.2, 0.25) is 0 Å². The van der Waals surface area contributed by atoms with E-state index in [1.165, 1.54) is 11.8 Å². The number of nitrogens with zero attached hydrogens (tertiary/aromatic N) is 4. The van der Waals surface area contributed by atoms with Gasteiger partial charge in [0.2, 0.25) is 5.95 Å². The molecule has 0 fully saturated rings. The third-order valence-electron chi connectivity index (χ3n) is 2.24. The second-order valence-electron chi connectivity index (χ2n) is 3.85. The summed E-state index contributed by atoms with van der Waals surface area (Å²) in [5.41, 5.74) is -0.213. The van der Waals surface area contributed by atoms with Crippen LogP contribution in [0.25, 0.3) is 0 Å². The molecule has 2 aromatic rings. The lowest BCUT2D eigenvalue weighted by molar-refractivity contribution is 0.534. The maximum absolute atomic E-state index is 11.6. The van der Waals surface area contributed by atoms with Gasteiger partial charge in [0, 0.05) is 19.3 Å². The Balaban J connectivity index is 2.31. The van der Waals surface area contributed by atoms with Crippen LogP contribution in [-0.4, -0.2) is 31.8 Å². The van der Waals surface area contributed by atoms with Crippen LogP contribution in [0.15, 0.2) is 27.2 Å². The van der Waals surface area contributed by atoms with Crippen molar-refractivity contribution >= 4 is 17.7 Å². The Morgan fingerprint density at radius 3 is 2.94 bits per heavy atom. The van der Waals surface area contributed by atoms with E-state index < -0.39 is 0 Å². The van der Waals surface area contributed by atoms with Crippen LogP contribution in [0.5, 0.6) is 0 Å². The molecule has 7 nitrogen and oxygen atoms in total. The Morgan fingerprint density at radius 1 is 1.50 bits per heavy atom. The first kappa shape index (κ1) is 12.6. The maximum Gasteiger partial charge on any atom is 0.344 e. The van der Waals surface area contributed by atoms with Crippen molar-refractivity contribution in [3.05, 3.63) is 22.7 Å². The quantitative estimate of drug-likeness (QED) is 0.807. The normalized spacial score (nSPS) is 10.9.